The molecule has 0 spiro atoms. The summed E-state index contributed by atoms with van der Waals surface area (Å²) >= 11 is 0. The molecular weight excluding hydrogens is 338 g/mol. The Morgan fingerprint density at radius 3 is 2.52 bits per heavy atom. The van der Waals surface area contributed by atoms with Gasteiger partial charge < -0.3 is 5.11 Å². The van der Waals surface area contributed by atoms with Crippen LogP contribution < -0.4 is 4.72 Å². The molecule has 2 aliphatic carbocycles. The first-order valence-corrected chi connectivity index (χ1v) is 10.5. The minimum Gasteiger partial charge on any atom is -0.391 e. The number of Topliss-reactive ketones (excluding diaryl/α,β-unsaturated/α-hetero) is 1. The van der Waals surface area contributed by atoms with Crippen molar-refractivity contribution >= 4 is 15.8 Å². The highest BCUT2D eigenvalue weighted by Gasteiger charge is 2.65. The molecule has 5 nitrogen and oxygen atoms in total. The van der Waals surface area contributed by atoms with Crippen LogP contribution in [0.3, 0.4) is 0 Å². The van der Waals surface area contributed by atoms with E-state index in [2.05, 4.69) is 4.72 Å². The normalized spacial score (nSPS) is 29.1. The van der Waals surface area contributed by atoms with Gasteiger partial charge >= 0.3 is 0 Å². The molecule has 0 radical (unpaired) electrons. The number of hydrogen-bond acceptors (Lipinski definition) is 4. The van der Waals surface area contributed by atoms with Crippen LogP contribution in [0, 0.1) is 16.7 Å². The number of hydrogen-bond donors (Lipinski definition) is 2. The highest BCUT2D eigenvalue weighted by atomic mass is 32.2. The van der Waals surface area contributed by atoms with E-state index >= 15 is 0 Å². The smallest absolute Gasteiger partial charge is 0.212 e. The van der Waals surface area contributed by atoms with Gasteiger partial charge in [0.05, 0.1) is 11.9 Å². The van der Waals surface area contributed by atoms with E-state index in [-0.39, 0.29) is 23.5 Å². The minimum absolute atomic E-state index is 0.0364. The molecule has 2 saturated carbocycles. The highest BCUT2D eigenvalue weighted by Crippen LogP contribution is 2.64. The van der Waals surface area contributed by atoms with Crippen molar-refractivity contribution in [3.05, 3.63) is 35.9 Å². The molecule has 0 unspecified atom stereocenters. The van der Waals surface area contributed by atoms with Gasteiger partial charge in [0.1, 0.15) is 5.78 Å². The molecular formula is C19H27NO4S. The van der Waals surface area contributed by atoms with E-state index in [1.807, 2.05) is 44.2 Å². The van der Waals surface area contributed by atoms with Crippen molar-refractivity contribution in [2.75, 3.05) is 12.3 Å². The lowest BCUT2D eigenvalue weighted by molar-refractivity contribution is -0.128. The maximum absolute atomic E-state index is 12.6. The summed E-state index contributed by atoms with van der Waals surface area (Å²) < 4.78 is 27.7. The molecule has 2 fully saturated rings. The molecule has 0 saturated heterocycles. The van der Waals surface area contributed by atoms with Gasteiger partial charge in [0.15, 0.2) is 0 Å². The monoisotopic (exact) mass is 365 g/mol. The predicted octanol–water partition coefficient (Wildman–Crippen LogP) is 1.90. The Morgan fingerprint density at radius 2 is 1.96 bits per heavy atom. The van der Waals surface area contributed by atoms with Gasteiger partial charge in [0, 0.05) is 18.4 Å². The maximum Gasteiger partial charge on any atom is 0.212 e. The largest absolute Gasteiger partial charge is 0.391 e. The van der Waals surface area contributed by atoms with Crippen LogP contribution in [0.2, 0.25) is 0 Å². The quantitative estimate of drug-likeness (QED) is 0.773. The van der Waals surface area contributed by atoms with Crippen molar-refractivity contribution in [1.29, 1.82) is 0 Å². The van der Waals surface area contributed by atoms with Gasteiger partial charge in [-0.3, -0.25) is 4.79 Å². The molecule has 138 valence electrons. The van der Waals surface area contributed by atoms with Crippen molar-refractivity contribution in [2.45, 2.75) is 45.6 Å². The molecule has 1 aromatic rings. The van der Waals surface area contributed by atoms with E-state index in [1.165, 1.54) is 0 Å². The average Bonchev–Trinajstić information content (AvgIpc) is 2.88. The first-order chi connectivity index (χ1) is 11.7. The molecule has 3 rings (SSSR count). The summed E-state index contributed by atoms with van der Waals surface area (Å²) in [5.41, 5.74) is -0.0893. The van der Waals surface area contributed by atoms with Crippen LogP contribution in [0.5, 0.6) is 0 Å². The van der Waals surface area contributed by atoms with Gasteiger partial charge in [-0.1, -0.05) is 44.2 Å². The molecule has 0 heterocycles. The fourth-order valence-corrected chi connectivity index (χ4v) is 6.54. The van der Waals surface area contributed by atoms with Crippen LogP contribution in [0.1, 0.15) is 38.7 Å². The van der Waals surface area contributed by atoms with Crippen LogP contribution in [0.4, 0.5) is 0 Å². The number of aliphatic hydroxyl groups is 1. The number of sulfonamides is 1. The van der Waals surface area contributed by atoms with Crippen LogP contribution >= 0.6 is 0 Å². The van der Waals surface area contributed by atoms with Crippen molar-refractivity contribution < 1.29 is 18.3 Å². The molecule has 0 aliphatic heterocycles. The van der Waals surface area contributed by atoms with Crippen molar-refractivity contribution in [1.82, 2.24) is 4.72 Å². The zero-order valence-electron chi connectivity index (χ0n) is 14.9. The third-order valence-corrected chi connectivity index (χ3v) is 7.91. The molecule has 25 heavy (non-hydrogen) atoms. The Bertz CT molecular complexity index is 744. The lowest BCUT2D eigenvalue weighted by Gasteiger charge is -2.36. The van der Waals surface area contributed by atoms with Crippen LogP contribution in [0.25, 0.3) is 0 Å². The third kappa shape index (κ3) is 3.39. The zero-order valence-corrected chi connectivity index (χ0v) is 15.7. The third-order valence-electron chi connectivity index (χ3n) is 6.43. The Kier molecular flexibility index (Phi) is 4.81. The van der Waals surface area contributed by atoms with Gasteiger partial charge in [-0.2, -0.15) is 0 Å². The number of nitrogens with one attached hydrogen (secondary N) is 1. The van der Waals surface area contributed by atoms with E-state index in [4.69, 9.17) is 0 Å². The second kappa shape index (κ2) is 6.49. The molecule has 2 aliphatic rings. The summed E-state index contributed by atoms with van der Waals surface area (Å²) in [5.74, 6) is 0.211. The molecule has 0 amide bonds. The van der Waals surface area contributed by atoms with Crippen LogP contribution in [-0.2, 0) is 21.2 Å². The van der Waals surface area contributed by atoms with E-state index in [9.17, 15) is 18.3 Å². The molecule has 3 atom stereocenters. The van der Waals surface area contributed by atoms with Gasteiger partial charge in [-0.25, -0.2) is 13.1 Å². The van der Waals surface area contributed by atoms with Gasteiger partial charge in [-0.05, 0) is 36.2 Å². The summed E-state index contributed by atoms with van der Waals surface area (Å²) in [7, 11) is -3.63. The van der Waals surface area contributed by atoms with Crippen molar-refractivity contribution in [3.63, 3.8) is 0 Å². The summed E-state index contributed by atoms with van der Waals surface area (Å²) in [6.07, 6.45) is 1.67. The summed E-state index contributed by atoms with van der Waals surface area (Å²) in [6, 6.07) is 9.46. The molecule has 2 bridgehead atoms. The summed E-state index contributed by atoms with van der Waals surface area (Å²) in [6.45, 7) is 4.01. The van der Waals surface area contributed by atoms with E-state index in [0.717, 1.165) is 12.0 Å². The predicted molar refractivity (Wildman–Crippen MR) is 96.5 cm³/mol. The van der Waals surface area contributed by atoms with Crippen LogP contribution in [0.15, 0.2) is 30.3 Å². The Morgan fingerprint density at radius 1 is 1.28 bits per heavy atom. The number of ketones is 1. The Balaban J connectivity index is 1.62. The number of aliphatic hydroxyl groups excluding tert-OH is 1. The van der Waals surface area contributed by atoms with Gasteiger partial charge in [-0.15, -0.1) is 0 Å². The first-order valence-electron chi connectivity index (χ1n) is 8.89. The number of fused-ring (bicyclic) bond motifs is 2. The van der Waals surface area contributed by atoms with Crippen molar-refractivity contribution in [2.24, 2.45) is 16.7 Å². The van der Waals surface area contributed by atoms with E-state index < -0.39 is 21.5 Å². The van der Waals surface area contributed by atoms with Crippen LogP contribution in [-0.4, -0.2) is 37.7 Å². The topological polar surface area (TPSA) is 83.5 Å². The molecule has 0 aromatic heterocycles. The zero-order chi connectivity index (χ0) is 18.3. The first kappa shape index (κ1) is 18.5. The molecule has 1 aromatic carbocycles. The fraction of sp³-hybridized carbons (Fsp3) is 0.632. The summed E-state index contributed by atoms with van der Waals surface area (Å²) in [5, 5.41) is 10.1. The molecule has 6 heteroatoms. The SMILES string of the molecule is CC1(C)[C@H]2CC[C@@]1(CS(=O)(=O)NC[C@H](O)Cc1ccccc1)C(=O)C2. The minimum atomic E-state index is -3.63. The lowest BCUT2D eigenvalue weighted by atomic mass is 9.70. The molecule has 2 N–H and O–H groups in total. The Labute approximate surface area is 149 Å². The maximum atomic E-state index is 12.6. The van der Waals surface area contributed by atoms with Gasteiger partial charge in [0.2, 0.25) is 10.0 Å². The second-order valence-corrected chi connectivity index (χ2v) is 9.92. The highest BCUT2D eigenvalue weighted by molar-refractivity contribution is 7.89. The Hall–Kier alpha value is -1.24. The standard InChI is InChI=1S/C19H27NO4S/c1-18(2)15-8-9-19(18,17(22)11-15)13-25(23,24)20-12-16(21)10-14-6-4-3-5-7-14/h3-7,15-16,20-21H,8-13H2,1-2H3/t15-,16+,19+/m0/s1. The lowest BCUT2D eigenvalue weighted by Crippen LogP contribution is -2.46. The van der Waals surface area contributed by atoms with Gasteiger partial charge in [0.25, 0.3) is 0 Å². The fourth-order valence-electron chi connectivity index (χ4n) is 4.67. The summed E-state index contributed by atoms with van der Waals surface area (Å²) in [4.78, 5) is 12.5. The number of carbonyl (C=O) groups is 1. The second-order valence-electron chi connectivity index (χ2n) is 8.12. The van der Waals surface area contributed by atoms with E-state index in [1.54, 1.807) is 0 Å². The average molecular weight is 365 g/mol. The number of carbonyl (C=O) groups excluding carboxylic acids is 1. The van der Waals surface area contributed by atoms with E-state index in [0.29, 0.717) is 25.2 Å². The number of benzene rings is 1. The van der Waals surface area contributed by atoms with Crippen molar-refractivity contribution in [3.8, 4) is 0 Å². The number of rotatable bonds is 7.